The van der Waals surface area contributed by atoms with Crippen LogP contribution in [-0.2, 0) is 0 Å². The summed E-state index contributed by atoms with van der Waals surface area (Å²) < 4.78 is 0.621. The Hall–Kier alpha value is -2.19. The van der Waals surface area contributed by atoms with Crippen molar-refractivity contribution in [2.75, 3.05) is 0 Å². The number of hydrogen-bond donors (Lipinski definition) is 1. The first-order valence-electron chi connectivity index (χ1n) is 6.03. The quantitative estimate of drug-likeness (QED) is 0.879. The number of amides is 1. The van der Waals surface area contributed by atoms with Crippen molar-refractivity contribution in [2.24, 2.45) is 0 Å². The lowest BCUT2D eigenvalue weighted by Crippen LogP contribution is -2.27. The van der Waals surface area contributed by atoms with Crippen LogP contribution in [0, 0.1) is 11.3 Å². The van der Waals surface area contributed by atoms with Gasteiger partial charge in [0.15, 0.2) is 0 Å². The molecule has 1 unspecified atom stereocenters. The monoisotopic (exact) mass is 329 g/mol. The minimum atomic E-state index is -0.233. The highest BCUT2D eigenvalue weighted by Crippen LogP contribution is 2.14. The highest BCUT2D eigenvalue weighted by atomic mass is 79.9. The summed E-state index contributed by atoms with van der Waals surface area (Å²) in [6, 6.07) is 14.2. The maximum atomic E-state index is 12.1. The van der Waals surface area contributed by atoms with E-state index < -0.39 is 0 Å². The highest BCUT2D eigenvalue weighted by Gasteiger charge is 2.12. The number of hydrogen-bond acceptors (Lipinski definition) is 3. The Morgan fingerprint density at radius 2 is 2.00 bits per heavy atom. The predicted molar refractivity (Wildman–Crippen MR) is 79.0 cm³/mol. The van der Waals surface area contributed by atoms with Crippen molar-refractivity contribution >= 4 is 21.8 Å². The fourth-order valence-electron chi connectivity index (χ4n) is 1.73. The van der Waals surface area contributed by atoms with Crippen molar-refractivity contribution in [1.82, 2.24) is 10.3 Å². The van der Waals surface area contributed by atoms with Gasteiger partial charge in [0.1, 0.15) is 10.3 Å². The summed E-state index contributed by atoms with van der Waals surface area (Å²) in [5.74, 6) is -0.233. The third kappa shape index (κ3) is 3.43. The molecule has 0 saturated heterocycles. The van der Waals surface area contributed by atoms with E-state index in [0.29, 0.717) is 15.9 Å². The van der Waals surface area contributed by atoms with Gasteiger partial charge in [0.25, 0.3) is 5.91 Å². The number of rotatable bonds is 3. The minimum absolute atomic E-state index is 0.156. The number of halogens is 1. The molecule has 20 heavy (non-hydrogen) atoms. The number of pyridine rings is 1. The summed E-state index contributed by atoms with van der Waals surface area (Å²) in [7, 11) is 0. The molecule has 0 aliphatic carbocycles. The SMILES string of the molecule is CC(NC(=O)c1cccc(Br)n1)c1ccc(C#N)cc1. The Labute approximate surface area is 125 Å². The largest absolute Gasteiger partial charge is 0.344 e. The van der Waals surface area contributed by atoms with Crippen LogP contribution in [0.3, 0.4) is 0 Å². The summed E-state index contributed by atoms with van der Waals surface area (Å²) in [6.45, 7) is 1.89. The zero-order valence-corrected chi connectivity index (χ0v) is 12.4. The second-order valence-corrected chi connectivity index (χ2v) is 5.09. The number of carbonyl (C=O) groups is 1. The lowest BCUT2D eigenvalue weighted by molar-refractivity contribution is 0.0934. The molecule has 2 aromatic rings. The molecule has 5 heteroatoms. The Morgan fingerprint density at radius 3 is 2.60 bits per heavy atom. The Morgan fingerprint density at radius 1 is 1.30 bits per heavy atom. The molecular formula is C15H12BrN3O. The molecule has 1 heterocycles. The van der Waals surface area contributed by atoms with Crippen LogP contribution in [0.25, 0.3) is 0 Å². The van der Waals surface area contributed by atoms with Gasteiger partial charge < -0.3 is 5.32 Å². The topological polar surface area (TPSA) is 65.8 Å². The summed E-state index contributed by atoms with van der Waals surface area (Å²) in [4.78, 5) is 16.2. The van der Waals surface area contributed by atoms with Gasteiger partial charge in [-0.1, -0.05) is 18.2 Å². The van der Waals surface area contributed by atoms with Crippen LogP contribution in [0.4, 0.5) is 0 Å². The van der Waals surface area contributed by atoms with E-state index in [1.54, 1.807) is 30.3 Å². The van der Waals surface area contributed by atoms with Gasteiger partial charge in [-0.25, -0.2) is 4.98 Å². The number of carbonyl (C=O) groups excluding carboxylic acids is 1. The molecular weight excluding hydrogens is 318 g/mol. The first-order chi connectivity index (χ1) is 9.60. The fourth-order valence-corrected chi connectivity index (χ4v) is 2.08. The molecule has 0 aliphatic heterocycles. The summed E-state index contributed by atoms with van der Waals surface area (Å²) in [6.07, 6.45) is 0. The average Bonchev–Trinajstić information content (AvgIpc) is 2.47. The first-order valence-corrected chi connectivity index (χ1v) is 6.83. The van der Waals surface area contributed by atoms with E-state index >= 15 is 0 Å². The number of nitrogens with one attached hydrogen (secondary N) is 1. The van der Waals surface area contributed by atoms with Gasteiger partial charge in [-0.15, -0.1) is 0 Å². The van der Waals surface area contributed by atoms with Crippen molar-refractivity contribution in [2.45, 2.75) is 13.0 Å². The summed E-state index contributed by atoms with van der Waals surface area (Å²) >= 11 is 3.24. The molecule has 0 spiro atoms. The zero-order chi connectivity index (χ0) is 14.5. The number of aromatic nitrogens is 1. The summed E-state index contributed by atoms with van der Waals surface area (Å²) in [5.41, 5.74) is 1.90. The van der Waals surface area contributed by atoms with Gasteiger partial charge in [-0.3, -0.25) is 4.79 Å². The van der Waals surface area contributed by atoms with Gasteiger partial charge in [-0.05, 0) is 52.7 Å². The molecule has 1 N–H and O–H groups in total. The van der Waals surface area contributed by atoms with E-state index in [9.17, 15) is 4.79 Å². The lowest BCUT2D eigenvalue weighted by atomic mass is 10.1. The normalized spacial score (nSPS) is 11.4. The van der Waals surface area contributed by atoms with E-state index in [1.807, 2.05) is 19.1 Å². The maximum absolute atomic E-state index is 12.1. The molecule has 0 radical (unpaired) electrons. The van der Waals surface area contributed by atoms with Crippen LogP contribution < -0.4 is 5.32 Å². The summed E-state index contributed by atoms with van der Waals surface area (Å²) in [5, 5.41) is 11.6. The van der Waals surface area contributed by atoms with Crippen LogP contribution in [-0.4, -0.2) is 10.9 Å². The molecule has 1 aromatic heterocycles. The van der Waals surface area contributed by atoms with Crippen LogP contribution in [0.15, 0.2) is 47.1 Å². The molecule has 100 valence electrons. The van der Waals surface area contributed by atoms with Crippen LogP contribution in [0.1, 0.15) is 34.6 Å². The van der Waals surface area contributed by atoms with E-state index in [-0.39, 0.29) is 11.9 Å². The van der Waals surface area contributed by atoms with E-state index in [4.69, 9.17) is 5.26 Å². The van der Waals surface area contributed by atoms with Gasteiger partial charge in [-0.2, -0.15) is 5.26 Å². The van der Waals surface area contributed by atoms with Crippen molar-refractivity contribution in [3.05, 3.63) is 63.9 Å². The van der Waals surface area contributed by atoms with E-state index in [0.717, 1.165) is 5.56 Å². The van der Waals surface area contributed by atoms with Crippen molar-refractivity contribution in [1.29, 1.82) is 5.26 Å². The smallest absolute Gasteiger partial charge is 0.270 e. The van der Waals surface area contributed by atoms with Gasteiger partial charge in [0.05, 0.1) is 17.7 Å². The Bertz CT molecular complexity index is 662. The first kappa shape index (κ1) is 14.2. The third-order valence-corrected chi connectivity index (χ3v) is 3.28. The van der Waals surface area contributed by atoms with E-state index in [1.165, 1.54) is 0 Å². The molecule has 1 atom stereocenters. The van der Waals surface area contributed by atoms with E-state index in [2.05, 4.69) is 32.3 Å². The second kappa shape index (κ2) is 6.31. The Kier molecular flexibility index (Phi) is 4.49. The Balaban J connectivity index is 2.09. The molecule has 2 rings (SSSR count). The van der Waals surface area contributed by atoms with Crippen LogP contribution >= 0.6 is 15.9 Å². The molecule has 1 amide bonds. The molecule has 1 aromatic carbocycles. The molecule has 0 fully saturated rings. The number of benzene rings is 1. The predicted octanol–water partition coefficient (Wildman–Crippen LogP) is 3.21. The average molecular weight is 330 g/mol. The molecule has 4 nitrogen and oxygen atoms in total. The fraction of sp³-hybridized carbons (Fsp3) is 0.133. The molecule has 0 aliphatic rings. The van der Waals surface area contributed by atoms with Crippen molar-refractivity contribution < 1.29 is 4.79 Å². The molecule has 0 bridgehead atoms. The van der Waals surface area contributed by atoms with Gasteiger partial charge in [0.2, 0.25) is 0 Å². The highest BCUT2D eigenvalue weighted by molar-refractivity contribution is 9.10. The van der Waals surface area contributed by atoms with Crippen LogP contribution in [0.5, 0.6) is 0 Å². The molecule has 0 saturated carbocycles. The minimum Gasteiger partial charge on any atom is -0.344 e. The maximum Gasteiger partial charge on any atom is 0.270 e. The standard InChI is InChI=1S/C15H12BrN3O/c1-10(12-7-5-11(9-17)6-8-12)18-15(20)13-3-2-4-14(16)19-13/h2-8,10H,1H3,(H,18,20). The number of nitriles is 1. The third-order valence-electron chi connectivity index (χ3n) is 2.84. The van der Waals surface area contributed by atoms with Gasteiger partial charge >= 0.3 is 0 Å². The lowest BCUT2D eigenvalue weighted by Gasteiger charge is -2.14. The van der Waals surface area contributed by atoms with Crippen LogP contribution in [0.2, 0.25) is 0 Å². The van der Waals surface area contributed by atoms with Gasteiger partial charge in [0, 0.05) is 0 Å². The zero-order valence-electron chi connectivity index (χ0n) is 10.8. The van der Waals surface area contributed by atoms with Crippen molar-refractivity contribution in [3.8, 4) is 6.07 Å². The second-order valence-electron chi connectivity index (χ2n) is 4.27. The van der Waals surface area contributed by atoms with Crippen molar-refractivity contribution in [3.63, 3.8) is 0 Å². The number of nitrogens with zero attached hydrogens (tertiary/aromatic N) is 2.